The standard InChI is InChI=1S/C6H4N2O2S2/c9-5(11)3-1-2-7-4(8-3)6(10)12/h1-2H,(H,9,11)(H,10,12). The Labute approximate surface area is 79.2 Å². The molecule has 0 saturated carbocycles. The van der Waals surface area contributed by atoms with E-state index in [1.807, 2.05) is 0 Å². The van der Waals surface area contributed by atoms with Gasteiger partial charge in [-0.15, -0.1) is 0 Å². The highest BCUT2D eigenvalue weighted by atomic mass is 32.1. The second-order valence-corrected chi connectivity index (χ2v) is 2.69. The van der Waals surface area contributed by atoms with Crippen LogP contribution in [0.3, 0.4) is 0 Å². The quantitative estimate of drug-likeness (QED) is 0.687. The van der Waals surface area contributed by atoms with Gasteiger partial charge in [-0.2, -0.15) is 0 Å². The fourth-order valence-electron chi connectivity index (χ4n) is 0.581. The third kappa shape index (κ3) is 2.05. The lowest BCUT2D eigenvalue weighted by atomic mass is 10.4. The van der Waals surface area contributed by atoms with E-state index in [0.717, 1.165) is 0 Å². The van der Waals surface area contributed by atoms with E-state index in [1.165, 1.54) is 12.3 Å². The summed E-state index contributed by atoms with van der Waals surface area (Å²) in [7, 11) is 0. The molecule has 62 valence electrons. The molecule has 0 spiro atoms. The summed E-state index contributed by atoms with van der Waals surface area (Å²) in [5.41, 5.74) is 0.0886. The molecule has 0 radical (unpaired) electrons. The Balaban J connectivity index is 3.12. The Morgan fingerprint density at radius 2 is 1.92 bits per heavy atom. The van der Waals surface area contributed by atoms with Crippen LogP contribution in [0.4, 0.5) is 0 Å². The molecule has 12 heavy (non-hydrogen) atoms. The van der Waals surface area contributed by atoms with Crippen molar-refractivity contribution in [2.75, 3.05) is 0 Å². The van der Waals surface area contributed by atoms with Gasteiger partial charge >= 0.3 is 0 Å². The van der Waals surface area contributed by atoms with Crippen LogP contribution in [-0.4, -0.2) is 20.2 Å². The highest BCUT2D eigenvalue weighted by molar-refractivity contribution is 7.97. The minimum atomic E-state index is -0.577. The smallest absolute Gasteiger partial charge is 0.253 e. The summed E-state index contributed by atoms with van der Waals surface area (Å²) in [6.07, 6.45) is 1.31. The molecule has 0 aliphatic rings. The van der Waals surface area contributed by atoms with Gasteiger partial charge in [0.15, 0.2) is 0 Å². The van der Waals surface area contributed by atoms with Crippen molar-refractivity contribution >= 4 is 35.5 Å². The van der Waals surface area contributed by atoms with E-state index >= 15 is 0 Å². The predicted molar refractivity (Wildman–Crippen MR) is 48.7 cm³/mol. The van der Waals surface area contributed by atoms with Crippen molar-refractivity contribution in [3.8, 4) is 0 Å². The first kappa shape index (κ1) is 9.21. The Hall–Kier alpha value is -0.880. The summed E-state index contributed by atoms with van der Waals surface area (Å²) in [5, 5.41) is -1.08. The monoisotopic (exact) mass is 200 g/mol. The van der Waals surface area contributed by atoms with Crippen LogP contribution in [0.1, 0.15) is 21.1 Å². The molecule has 0 aromatic carbocycles. The van der Waals surface area contributed by atoms with E-state index in [1.54, 1.807) is 0 Å². The summed E-state index contributed by atoms with van der Waals surface area (Å²) in [6.45, 7) is 0. The molecule has 0 saturated heterocycles. The number of hydrogen-bond donors (Lipinski definition) is 2. The van der Waals surface area contributed by atoms with E-state index in [-0.39, 0.29) is 11.5 Å². The second kappa shape index (κ2) is 3.68. The lowest BCUT2D eigenvalue weighted by Gasteiger charge is -1.94. The van der Waals surface area contributed by atoms with Gasteiger partial charge in [-0.25, -0.2) is 9.97 Å². The van der Waals surface area contributed by atoms with Gasteiger partial charge in [0, 0.05) is 6.20 Å². The number of thiol groups is 2. The number of carbonyl (C=O) groups excluding carboxylic acids is 2. The Bertz CT molecular complexity index is 311. The van der Waals surface area contributed by atoms with Crippen molar-refractivity contribution in [2.45, 2.75) is 0 Å². The van der Waals surface area contributed by atoms with Crippen LogP contribution in [0.2, 0.25) is 0 Å². The van der Waals surface area contributed by atoms with Gasteiger partial charge in [0.1, 0.15) is 5.69 Å². The zero-order valence-electron chi connectivity index (χ0n) is 5.76. The van der Waals surface area contributed by atoms with E-state index in [0.29, 0.717) is 0 Å². The maximum atomic E-state index is 10.7. The Morgan fingerprint density at radius 3 is 2.42 bits per heavy atom. The molecule has 1 rings (SSSR count). The van der Waals surface area contributed by atoms with Crippen molar-refractivity contribution in [3.63, 3.8) is 0 Å². The summed E-state index contributed by atoms with van der Waals surface area (Å²) >= 11 is 7.04. The molecule has 0 atom stereocenters. The largest absolute Gasteiger partial charge is 0.280 e. The van der Waals surface area contributed by atoms with Crippen LogP contribution in [0.15, 0.2) is 12.3 Å². The van der Waals surface area contributed by atoms with Crippen molar-refractivity contribution < 1.29 is 9.59 Å². The van der Waals surface area contributed by atoms with Crippen LogP contribution in [0.25, 0.3) is 0 Å². The van der Waals surface area contributed by atoms with Gasteiger partial charge in [0.25, 0.3) is 5.12 Å². The van der Waals surface area contributed by atoms with E-state index in [4.69, 9.17) is 0 Å². The lowest BCUT2D eigenvalue weighted by Crippen LogP contribution is -2.03. The molecule has 6 heteroatoms. The third-order valence-electron chi connectivity index (χ3n) is 1.07. The van der Waals surface area contributed by atoms with Gasteiger partial charge in [-0.1, -0.05) is 25.3 Å². The van der Waals surface area contributed by atoms with Crippen LogP contribution >= 0.6 is 25.3 Å². The maximum absolute atomic E-state index is 10.7. The zero-order chi connectivity index (χ0) is 9.14. The van der Waals surface area contributed by atoms with Crippen LogP contribution in [-0.2, 0) is 0 Å². The number of aromatic nitrogens is 2. The molecule has 0 bridgehead atoms. The molecule has 1 heterocycles. The normalized spacial score (nSPS) is 9.50. The van der Waals surface area contributed by atoms with Crippen molar-refractivity contribution in [2.24, 2.45) is 0 Å². The molecule has 0 N–H and O–H groups in total. The first-order valence-corrected chi connectivity index (χ1v) is 3.80. The van der Waals surface area contributed by atoms with Crippen LogP contribution in [0.5, 0.6) is 0 Å². The van der Waals surface area contributed by atoms with Gasteiger partial charge in [-0.05, 0) is 6.07 Å². The van der Waals surface area contributed by atoms with E-state index in [2.05, 4.69) is 35.2 Å². The van der Waals surface area contributed by atoms with Crippen LogP contribution < -0.4 is 0 Å². The first-order valence-electron chi connectivity index (χ1n) is 2.91. The van der Waals surface area contributed by atoms with Gasteiger partial charge < -0.3 is 0 Å². The van der Waals surface area contributed by atoms with E-state index in [9.17, 15) is 9.59 Å². The highest BCUT2D eigenvalue weighted by Gasteiger charge is 2.07. The molecule has 1 aromatic heterocycles. The zero-order valence-corrected chi connectivity index (χ0v) is 7.55. The lowest BCUT2D eigenvalue weighted by molar-refractivity contribution is 0.108. The number of nitrogens with zero attached hydrogens (tertiary/aromatic N) is 2. The van der Waals surface area contributed by atoms with Crippen molar-refractivity contribution in [3.05, 3.63) is 23.8 Å². The summed E-state index contributed by atoms with van der Waals surface area (Å²) in [6, 6.07) is 1.37. The van der Waals surface area contributed by atoms with Crippen molar-refractivity contribution in [1.82, 2.24) is 9.97 Å². The summed E-state index contributed by atoms with van der Waals surface area (Å²) < 4.78 is 0. The van der Waals surface area contributed by atoms with Gasteiger partial charge in [-0.3, -0.25) is 9.59 Å². The summed E-state index contributed by atoms with van der Waals surface area (Å²) in [4.78, 5) is 28.5. The Kier molecular flexibility index (Phi) is 2.83. The SMILES string of the molecule is O=C(S)c1ccnc(C(=O)S)n1. The molecule has 0 unspecified atom stereocenters. The molecular formula is C6H4N2O2S2. The number of rotatable bonds is 2. The average Bonchev–Trinajstić information content (AvgIpc) is 2.04. The molecule has 0 fully saturated rings. The third-order valence-corrected chi connectivity index (χ3v) is 1.50. The van der Waals surface area contributed by atoms with Gasteiger partial charge in [0.2, 0.25) is 10.9 Å². The molecule has 0 aliphatic carbocycles. The maximum Gasteiger partial charge on any atom is 0.253 e. The minimum Gasteiger partial charge on any atom is -0.280 e. The fourth-order valence-corrected chi connectivity index (χ4v) is 0.813. The number of carbonyl (C=O) groups is 2. The Morgan fingerprint density at radius 1 is 1.25 bits per heavy atom. The molecule has 0 aliphatic heterocycles. The van der Waals surface area contributed by atoms with E-state index < -0.39 is 10.2 Å². The summed E-state index contributed by atoms with van der Waals surface area (Å²) in [5.74, 6) is -0.0989. The molecule has 1 aromatic rings. The molecule has 0 amide bonds. The predicted octanol–water partition coefficient (Wildman–Crippen LogP) is 0.617. The average molecular weight is 200 g/mol. The molecule has 4 nitrogen and oxygen atoms in total. The highest BCUT2D eigenvalue weighted by Crippen LogP contribution is 2.01. The van der Waals surface area contributed by atoms with Gasteiger partial charge in [0.05, 0.1) is 0 Å². The fraction of sp³-hybridized carbons (Fsp3) is 0. The number of hydrogen-bond acceptors (Lipinski definition) is 4. The first-order chi connectivity index (χ1) is 5.61. The molecular weight excluding hydrogens is 196 g/mol. The van der Waals surface area contributed by atoms with Crippen LogP contribution in [0, 0.1) is 0 Å². The van der Waals surface area contributed by atoms with Crippen molar-refractivity contribution in [1.29, 1.82) is 0 Å². The minimum absolute atomic E-state index is 0.0886. The second-order valence-electron chi connectivity index (χ2n) is 1.88. The topological polar surface area (TPSA) is 59.9 Å².